The maximum absolute atomic E-state index is 10.7. The first-order chi connectivity index (χ1) is 8.22. The van der Waals surface area contributed by atoms with Crippen molar-refractivity contribution in [3.63, 3.8) is 0 Å². The molecule has 0 radical (unpaired) electrons. The van der Waals surface area contributed by atoms with Gasteiger partial charge in [-0.1, -0.05) is 0 Å². The fourth-order valence-electron chi connectivity index (χ4n) is 1.37. The van der Waals surface area contributed by atoms with Crippen molar-refractivity contribution in [2.24, 2.45) is 0 Å². The lowest BCUT2D eigenvalue weighted by molar-refractivity contribution is -0.383. The molecule has 2 aromatic rings. The van der Waals surface area contributed by atoms with Crippen molar-refractivity contribution in [1.29, 1.82) is 0 Å². The smallest absolute Gasteiger partial charge is 0.313 e. The van der Waals surface area contributed by atoms with Crippen LogP contribution >= 0.6 is 0 Å². The van der Waals surface area contributed by atoms with Gasteiger partial charge in [-0.25, -0.2) is 9.50 Å². The Balaban J connectivity index is 2.30. The largest absolute Gasteiger partial charge is 0.394 e. The molecular weight excluding hydrogens is 228 g/mol. The Kier molecular flexibility index (Phi) is 3.26. The van der Waals surface area contributed by atoms with Crippen molar-refractivity contribution in [3.05, 3.63) is 34.3 Å². The SMILES string of the molecule is O=[N+]([O-])c1cccn2nc(COCCO)nc12. The molecule has 8 nitrogen and oxygen atoms in total. The second-order valence-corrected chi connectivity index (χ2v) is 3.22. The molecule has 0 fully saturated rings. The van der Waals surface area contributed by atoms with E-state index in [-0.39, 0.29) is 31.2 Å². The number of hydrogen-bond acceptors (Lipinski definition) is 6. The number of rotatable bonds is 5. The maximum Gasteiger partial charge on any atom is 0.313 e. The van der Waals surface area contributed by atoms with Crippen molar-refractivity contribution in [3.8, 4) is 0 Å². The first-order valence-electron chi connectivity index (χ1n) is 4.89. The van der Waals surface area contributed by atoms with E-state index in [2.05, 4.69) is 10.1 Å². The van der Waals surface area contributed by atoms with Gasteiger partial charge >= 0.3 is 5.69 Å². The Labute approximate surface area is 95.6 Å². The Morgan fingerprint density at radius 1 is 1.59 bits per heavy atom. The fraction of sp³-hybridized carbons (Fsp3) is 0.333. The molecule has 0 saturated heterocycles. The number of aromatic nitrogens is 3. The van der Waals surface area contributed by atoms with Gasteiger partial charge in [0.1, 0.15) is 6.61 Å². The van der Waals surface area contributed by atoms with E-state index in [9.17, 15) is 10.1 Å². The van der Waals surface area contributed by atoms with Gasteiger partial charge in [-0.2, -0.15) is 0 Å². The highest BCUT2D eigenvalue weighted by Crippen LogP contribution is 2.16. The topological polar surface area (TPSA) is 103 Å². The Hall–Kier alpha value is -2.06. The van der Waals surface area contributed by atoms with Gasteiger partial charge in [0, 0.05) is 12.3 Å². The van der Waals surface area contributed by atoms with Gasteiger partial charge in [0.15, 0.2) is 5.82 Å². The molecule has 0 amide bonds. The first-order valence-corrected chi connectivity index (χ1v) is 4.89. The summed E-state index contributed by atoms with van der Waals surface area (Å²) in [6, 6.07) is 2.89. The molecule has 0 aliphatic heterocycles. The normalized spacial score (nSPS) is 10.9. The average Bonchev–Trinajstić information content (AvgIpc) is 2.71. The van der Waals surface area contributed by atoms with Crippen LogP contribution in [0.15, 0.2) is 18.3 Å². The van der Waals surface area contributed by atoms with Crippen LogP contribution in [-0.2, 0) is 11.3 Å². The summed E-state index contributed by atoms with van der Waals surface area (Å²) in [7, 11) is 0. The van der Waals surface area contributed by atoms with E-state index in [0.717, 1.165) is 0 Å². The van der Waals surface area contributed by atoms with Crippen LogP contribution in [0.2, 0.25) is 0 Å². The molecule has 0 aliphatic carbocycles. The highest BCUT2D eigenvalue weighted by atomic mass is 16.6. The zero-order valence-electron chi connectivity index (χ0n) is 8.81. The quantitative estimate of drug-likeness (QED) is 0.451. The van der Waals surface area contributed by atoms with E-state index >= 15 is 0 Å². The molecule has 0 atom stereocenters. The molecule has 8 heteroatoms. The van der Waals surface area contributed by atoms with E-state index in [1.807, 2.05) is 0 Å². The number of ether oxygens (including phenoxy) is 1. The predicted molar refractivity (Wildman–Crippen MR) is 56.4 cm³/mol. The third kappa shape index (κ3) is 2.37. The minimum absolute atomic E-state index is 0.0898. The second-order valence-electron chi connectivity index (χ2n) is 3.22. The molecule has 2 rings (SSSR count). The van der Waals surface area contributed by atoms with Crippen molar-refractivity contribution in [2.75, 3.05) is 13.2 Å². The number of fused-ring (bicyclic) bond motifs is 1. The summed E-state index contributed by atoms with van der Waals surface area (Å²) in [4.78, 5) is 14.2. The Morgan fingerprint density at radius 3 is 3.12 bits per heavy atom. The molecule has 1 N–H and O–H groups in total. The third-order valence-corrected chi connectivity index (χ3v) is 2.05. The number of hydrogen-bond donors (Lipinski definition) is 1. The van der Waals surface area contributed by atoms with Gasteiger partial charge in [-0.15, -0.1) is 5.10 Å². The van der Waals surface area contributed by atoms with Crippen molar-refractivity contribution < 1.29 is 14.8 Å². The Morgan fingerprint density at radius 2 is 2.41 bits per heavy atom. The lowest BCUT2D eigenvalue weighted by Gasteiger charge is -1.95. The number of nitro groups is 1. The highest BCUT2D eigenvalue weighted by molar-refractivity contribution is 5.58. The molecule has 0 unspecified atom stereocenters. The first kappa shape index (κ1) is 11.4. The highest BCUT2D eigenvalue weighted by Gasteiger charge is 2.15. The van der Waals surface area contributed by atoms with Gasteiger partial charge in [0.25, 0.3) is 0 Å². The lowest BCUT2D eigenvalue weighted by atomic mass is 10.4. The number of aliphatic hydroxyl groups excluding tert-OH is 1. The van der Waals surface area contributed by atoms with E-state index in [4.69, 9.17) is 9.84 Å². The minimum Gasteiger partial charge on any atom is -0.394 e. The minimum atomic E-state index is -0.512. The summed E-state index contributed by atoms with van der Waals surface area (Å²) in [5, 5.41) is 23.3. The summed E-state index contributed by atoms with van der Waals surface area (Å²) >= 11 is 0. The van der Waals surface area contributed by atoms with Gasteiger partial charge in [0.05, 0.1) is 18.1 Å². The van der Waals surface area contributed by atoms with E-state index < -0.39 is 4.92 Å². The summed E-state index contributed by atoms with van der Waals surface area (Å²) in [5.41, 5.74) is 0.0773. The number of nitrogens with zero attached hydrogens (tertiary/aromatic N) is 4. The molecule has 0 saturated carbocycles. The molecule has 2 heterocycles. The molecule has 90 valence electrons. The van der Waals surface area contributed by atoms with Crippen LogP contribution in [0.3, 0.4) is 0 Å². The third-order valence-electron chi connectivity index (χ3n) is 2.05. The lowest BCUT2D eigenvalue weighted by Crippen LogP contribution is -2.00. The predicted octanol–water partition coefficient (Wildman–Crippen LogP) is 0.146. The molecule has 0 bridgehead atoms. The summed E-state index contributed by atoms with van der Waals surface area (Å²) in [6.45, 7) is 0.199. The standard InChI is InChI=1S/C9H10N4O4/c14-4-5-17-6-8-10-9-7(13(15)16)2-1-3-12(9)11-8/h1-3,14H,4-6H2. The van der Waals surface area contributed by atoms with Gasteiger partial charge in [0.2, 0.25) is 5.65 Å². The average molecular weight is 238 g/mol. The van der Waals surface area contributed by atoms with Crippen LogP contribution in [0.25, 0.3) is 5.65 Å². The van der Waals surface area contributed by atoms with Crippen LogP contribution < -0.4 is 0 Å². The summed E-state index contributed by atoms with van der Waals surface area (Å²) < 4.78 is 6.37. The van der Waals surface area contributed by atoms with Crippen LogP contribution in [0.4, 0.5) is 5.69 Å². The van der Waals surface area contributed by atoms with Crippen LogP contribution in [0.5, 0.6) is 0 Å². The van der Waals surface area contributed by atoms with Crippen LogP contribution in [0, 0.1) is 10.1 Å². The van der Waals surface area contributed by atoms with Crippen molar-refractivity contribution >= 4 is 11.3 Å². The van der Waals surface area contributed by atoms with E-state index in [1.54, 1.807) is 6.20 Å². The van der Waals surface area contributed by atoms with Crippen molar-refractivity contribution in [2.45, 2.75) is 6.61 Å². The zero-order valence-corrected chi connectivity index (χ0v) is 8.81. The molecular formula is C9H10N4O4. The fourth-order valence-corrected chi connectivity index (χ4v) is 1.37. The summed E-state index contributed by atoms with van der Waals surface area (Å²) in [5.74, 6) is 0.341. The molecule has 0 aliphatic rings. The van der Waals surface area contributed by atoms with E-state index in [1.165, 1.54) is 16.6 Å². The number of aliphatic hydroxyl groups is 1. The van der Waals surface area contributed by atoms with Gasteiger partial charge < -0.3 is 9.84 Å². The Bertz CT molecular complexity index is 539. The molecule has 2 aromatic heterocycles. The molecule has 0 aromatic carbocycles. The maximum atomic E-state index is 10.7. The van der Waals surface area contributed by atoms with Gasteiger partial charge in [-0.3, -0.25) is 10.1 Å². The zero-order chi connectivity index (χ0) is 12.3. The van der Waals surface area contributed by atoms with Gasteiger partial charge in [-0.05, 0) is 6.07 Å². The summed E-state index contributed by atoms with van der Waals surface area (Å²) in [6.07, 6.45) is 1.57. The van der Waals surface area contributed by atoms with Crippen molar-refractivity contribution in [1.82, 2.24) is 14.6 Å². The molecule has 0 spiro atoms. The van der Waals surface area contributed by atoms with Crippen LogP contribution in [0.1, 0.15) is 5.82 Å². The van der Waals surface area contributed by atoms with E-state index in [0.29, 0.717) is 5.82 Å². The molecule has 17 heavy (non-hydrogen) atoms. The second kappa shape index (κ2) is 4.85. The monoisotopic (exact) mass is 238 g/mol. The number of pyridine rings is 1. The van der Waals surface area contributed by atoms with Crippen LogP contribution in [-0.4, -0.2) is 37.8 Å².